The first-order chi connectivity index (χ1) is 18.0. The summed E-state index contributed by atoms with van der Waals surface area (Å²) in [5.41, 5.74) is 2.88. The summed E-state index contributed by atoms with van der Waals surface area (Å²) < 4.78 is 14.3. The molecule has 0 unspecified atom stereocenters. The minimum atomic E-state index is -0.419. The third kappa shape index (κ3) is 5.18. The summed E-state index contributed by atoms with van der Waals surface area (Å²) in [5, 5.41) is 6.62. The lowest BCUT2D eigenvalue weighted by Gasteiger charge is -2.07. The molecule has 5 aromatic rings. The predicted molar refractivity (Wildman–Crippen MR) is 136 cm³/mol. The quantitative estimate of drug-likeness (QED) is 0.348. The van der Waals surface area contributed by atoms with Crippen LogP contribution < -0.4 is 15.6 Å². The molecule has 1 amide bonds. The molecular weight excluding hydrogens is 472 g/mol. The predicted octanol–water partition coefficient (Wildman–Crippen LogP) is 3.69. The third-order valence-electron chi connectivity index (χ3n) is 5.83. The molecule has 0 radical (unpaired) electrons. The maximum atomic E-state index is 13.0. The number of para-hydroxylation sites is 1. The molecule has 0 bridgehead atoms. The van der Waals surface area contributed by atoms with Crippen molar-refractivity contribution in [1.82, 2.24) is 24.5 Å². The monoisotopic (exact) mass is 496 g/mol. The van der Waals surface area contributed by atoms with E-state index < -0.39 is 5.91 Å². The van der Waals surface area contributed by atoms with Crippen LogP contribution in [0.5, 0.6) is 5.75 Å². The van der Waals surface area contributed by atoms with Crippen LogP contribution in [0.15, 0.2) is 88.4 Å². The number of amides is 1. The van der Waals surface area contributed by atoms with Gasteiger partial charge in [0.15, 0.2) is 5.82 Å². The summed E-state index contributed by atoms with van der Waals surface area (Å²) in [4.78, 5) is 34.1. The normalized spacial score (nSPS) is 10.9. The van der Waals surface area contributed by atoms with E-state index in [1.165, 1.54) is 4.68 Å². The van der Waals surface area contributed by atoms with Gasteiger partial charge in [-0.05, 0) is 49.4 Å². The smallest absolute Gasteiger partial charge is 0.295 e. The van der Waals surface area contributed by atoms with Crippen molar-refractivity contribution in [2.75, 3.05) is 5.32 Å². The summed E-state index contributed by atoms with van der Waals surface area (Å²) in [5.74, 6) is 0.758. The molecule has 0 atom stereocenters. The molecular formula is C27H24N6O4. The van der Waals surface area contributed by atoms with Crippen LogP contribution in [0.2, 0.25) is 0 Å². The average molecular weight is 497 g/mol. The van der Waals surface area contributed by atoms with Crippen molar-refractivity contribution < 1.29 is 14.1 Å². The van der Waals surface area contributed by atoms with Gasteiger partial charge in [-0.2, -0.15) is 4.98 Å². The van der Waals surface area contributed by atoms with Crippen molar-refractivity contribution in [2.24, 2.45) is 7.05 Å². The standard InChI is InChI=1S/C27H24N6O4/c1-18-25(27(35)33(32(18)2)21-8-4-3-5-9-21)30-24(34)15-23-29-26(37-31-23)20-10-12-22(13-11-20)36-17-19-7-6-14-28-16-19/h3-14,16H,15,17H2,1-2H3,(H,30,34). The Bertz CT molecular complexity index is 1570. The van der Waals surface area contributed by atoms with E-state index in [1.54, 1.807) is 55.3 Å². The molecule has 37 heavy (non-hydrogen) atoms. The van der Waals surface area contributed by atoms with E-state index in [0.717, 1.165) is 5.56 Å². The minimum Gasteiger partial charge on any atom is -0.489 e. The Hall–Kier alpha value is -4.99. The van der Waals surface area contributed by atoms with Crippen LogP contribution in [0.4, 0.5) is 5.69 Å². The number of carbonyl (C=O) groups is 1. The van der Waals surface area contributed by atoms with Crippen LogP contribution in [0, 0.1) is 6.92 Å². The highest BCUT2D eigenvalue weighted by Crippen LogP contribution is 2.22. The first-order valence-corrected chi connectivity index (χ1v) is 11.6. The molecule has 3 heterocycles. The number of pyridine rings is 1. The summed E-state index contributed by atoms with van der Waals surface area (Å²) >= 11 is 0. The van der Waals surface area contributed by atoms with Crippen LogP contribution in [0.25, 0.3) is 17.1 Å². The number of nitrogens with zero attached hydrogens (tertiary/aromatic N) is 5. The number of ether oxygens (including phenoxy) is 1. The Morgan fingerprint density at radius 1 is 1.05 bits per heavy atom. The molecule has 0 fully saturated rings. The molecule has 0 saturated heterocycles. The summed E-state index contributed by atoms with van der Waals surface area (Å²) in [7, 11) is 1.76. The number of hydrogen-bond acceptors (Lipinski definition) is 7. The fraction of sp³-hybridized carbons (Fsp3) is 0.148. The van der Waals surface area contributed by atoms with Gasteiger partial charge in [-0.15, -0.1) is 0 Å². The van der Waals surface area contributed by atoms with Crippen molar-refractivity contribution in [1.29, 1.82) is 0 Å². The van der Waals surface area contributed by atoms with Gasteiger partial charge in [0, 0.05) is 30.6 Å². The van der Waals surface area contributed by atoms with Crippen molar-refractivity contribution in [3.05, 3.63) is 107 Å². The maximum absolute atomic E-state index is 13.0. The molecule has 0 aliphatic heterocycles. The van der Waals surface area contributed by atoms with Crippen LogP contribution >= 0.6 is 0 Å². The number of anilines is 1. The van der Waals surface area contributed by atoms with Crippen molar-refractivity contribution in [2.45, 2.75) is 20.0 Å². The van der Waals surface area contributed by atoms with Gasteiger partial charge in [-0.1, -0.05) is 29.4 Å². The van der Waals surface area contributed by atoms with Crippen LogP contribution in [0.3, 0.4) is 0 Å². The summed E-state index contributed by atoms with van der Waals surface area (Å²) in [6.45, 7) is 2.18. The molecule has 10 heteroatoms. The van der Waals surface area contributed by atoms with Gasteiger partial charge in [-0.25, -0.2) is 4.68 Å². The van der Waals surface area contributed by atoms with Crippen LogP contribution in [-0.2, 0) is 24.9 Å². The fourth-order valence-corrected chi connectivity index (χ4v) is 3.83. The van der Waals surface area contributed by atoms with E-state index in [4.69, 9.17) is 9.26 Å². The van der Waals surface area contributed by atoms with Crippen LogP contribution in [0.1, 0.15) is 17.1 Å². The zero-order chi connectivity index (χ0) is 25.8. The number of aromatic nitrogens is 5. The first kappa shape index (κ1) is 23.7. The lowest BCUT2D eigenvalue weighted by Crippen LogP contribution is -2.23. The van der Waals surface area contributed by atoms with E-state index in [2.05, 4.69) is 20.4 Å². The minimum absolute atomic E-state index is 0.144. The van der Waals surface area contributed by atoms with Crippen molar-refractivity contribution >= 4 is 11.6 Å². The molecule has 0 aliphatic carbocycles. The molecule has 0 spiro atoms. The van der Waals surface area contributed by atoms with Gasteiger partial charge in [0.05, 0.1) is 17.8 Å². The second-order valence-corrected chi connectivity index (χ2v) is 8.35. The lowest BCUT2D eigenvalue weighted by atomic mass is 10.2. The summed E-state index contributed by atoms with van der Waals surface area (Å²) in [6, 6.07) is 20.2. The van der Waals surface area contributed by atoms with E-state index in [0.29, 0.717) is 29.3 Å². The van der Waals surface area contributed by atoms with Gasteiger partial charge in [0.25, 0.3) is 11.4 Å². The van der Waals surface area contributed by atoms with Gasteiger partial charge >= 0.3 is 0 Å². The molecule has 1 N–H and O–H groups in total. The van der Waals surface area contributed by atoms with Crippen molar-refractivity contribution in [3.8, 4) is 22.9 Å². The largest absolute Gasteiger partial charge is 0.489 e. The Kier molecular flexibility index (Phi) is 6.62. The van der Waals surface area contributed by atoms with Gasteiger partial charge in [-0.3, -0.25) is 19.3 Å². The number of benzene rings is 2. The zero-order valence-electron chi connectivity index (χ0n) is 20.3. The molecule has 186 valence electrons. The molecule has 3 aromatic heterocycles. The van der Waals surface area contributed by atoms with Crippen LogP contribution in [-0.4, -0.2) is 30.4 Å². The van der Waals surface area contributed by atoms with Gasteiger partial charge in [0.2, 0.25) is 5.91 Å². The second kappa shape index (κ2) is 10.3. The SMILES string of the molecule is Cc1c(NC(=O)Cc2noc(-c3ccc(OCc4cccnc4)cc3)n2)c(=O)n(-c2ccccc2)n1C. The molecule has 10 nitrogen and oxygen atoms in total. The van der Waals surface area contributed by atoms with E-state index >= 15 is 0 Å². The number of nitrogens with one attached hydrogen (secondary N) is 1. The second-order valence-electron chi connectivity index (χ2n) is 8.35. The van der Waals surface area contributed by atoms with Gasteiger partial charge in [0.1, 0.15) is 18.0 Å². The Labute approximate surface area is 212 Å². The van der Waals surface area contributed by atoms with Crippen molar-refractivity contribution in [3.63, 3.8) is 0 Å². The van der Waals surface area contributed by atoms with E-state index in [-0.39, 0.29) is 29.4 Å². The number of carbonyl (C=O) groups excluding carboxylic acids is 1. The first-order valence-electron chi connectivity index (χ1n) is 11.6. The Morgan fingerprint density at radius 3 is 2.57 bits per heavy atom. The molecule has 0 aliphatic rings. The zero-order valence-corrected chi connectivity index (χ0v) is 20.3. The van der Waals surface area contributed by atoms with E-state index in [1.807, 2.05) is 42.5 Å². The Morgan fingerprint density at radius 2 is 1.84 bits per heavy atom. The lowest BCUT2D eigenvalue weighted by molar-refractivity contribution is -0.115. The molecule has 5 rings (SSSR count). The highest BCUT2D eigenvalue weighted by molar-refractivity contribution is 5.92. The topological polar surface area (TPSA) is 117 Å². The average Bonchev–Trinajstić information content (AvgIpc) is 3.47. The molecule has 2 aromatic carbocycles. The number of rotatable bonds is 8. The maximum Gasteiger partial charge on any atom is 0.295 e. The highest BCUT2D eigenvalue weighted by Gasteiger charge is 2.19. The van der Waals surface area contributed by atoms with Gasteiger partial charge < -0.3 is 14.6 Å². The number of hydrogen-bond donors (Lipinski definition) is 1. The molecule has 0 saturated carbocycles. The summed E-state index contributed by atoms with van der Waals surface area (Å²) in [6.07, 6.45) is 3.32. The third-order valence-corrected chi connectivity index (χ3v) is 5.83. The Balaban J connectivity index is 1.23. The van der Waals surface area contributed by atoms with E-state index in [9.17, 15) is 9.59 Å². The highest BCUT2D eigenvalue weighted by atomic mass is 16.5. The fourth-order valence-electron chi connectivity index (χ4n) is 3.83.